The molecule has 1 fully saturated rings. The number of fused-ring (bicyclic) bond motifs is 1. The van der Waals surface area contributed by atoms with E-state index in [4.69, 9.17) is 25.6 Å². The highest BCUT2D eigenvalue weighted by Gasteiger charge is 2.32. The van der Waals surface area contributed by atoms with E-state index in [1.807, 2.05) is 18.2 Å². The zero-order valence-electron chi connectivity index (χ0n) is 10.7. The molecule has 5 nitrogen and oxygen atoms in total. The fourth-order valence-corrected chi connectivity index (χ4v) is 2.92. The molecular formula is C14H13ClN2O3. The number of nitrogens with zero attached hydrogens (tertiary/aromatic N) is 2. The van der Waals surface area contributed by atoms with Crippen LogP contribution in [0.25, 0.3) is 0 Å². The van der Waals surface area contributed by atoms with Gasteiger partial charge < -0.3 is 14.0 Å². The van der Waals surface area contributed by atoms with E-state index in [-0.39, 0.29) is 12.2 Å². The number of aromatic nitrogens is 2. The molecule has 0 saturated heterocycles. The summed E-state index contributed by atoms with van der Waals surface area (Å²) in [4.78, 5) is 4.45. The maximum Gasteiger partial charge on any atom is 0.231 e. The van der Waals surface area contributed by atoms with E-state index in [0.717, 1.165) is 35.7 Å². The van der Waals surface area contributed by atoms with Gasteiger partial charge in [-0.25, -0.2) is 0 Å². The molecule has 1 aromatic carbocycles. The lowest BCUT2D eigenvalue weighted by Crippen LogP contribution is -2.22. The van der Waals surface area contributed by atoms with Crippen LogP contribution in [0.1, 0.15) is 36.0 Å². The number of ether oxygens (including phenoxy) is 2. The van der Waals surface area contributed by atoms with Crippen molar-refractivity contribution in [1.82, 2.24) is 10.1 Å². The number of rotatable bonds is 3. The zero-order chi connectivity index (χ0) is 13.5. The number of hydrogen-bond acceptors (Lipinski definition) is 5. The lowest BCUT2D eigenvalue weighted by molar-refractivity contribution is 0.174. The number of alkyl halides is 1. The minimum absolute atomic E-state index is 0.260. The van der Waals surface area contributed by atoms with Crippen LogP contribution in [0, 0.1) is 0 Å². The Morgan fingerprint density at radius 1 is 1.20 bits per heavy atom. The van der Waals surface area contributed by atoms with Gasteiger partial charge >= 0.3 is 0 Å². The molecule has 4 rings (SSSR count). The number of benzene rings is 1. The van der Waals surface area contributed by atoms with Crippen molar-refractivity contribution in [3.8, 4) is 11.5 Å². The molecule has 2 aliphatic rings. The predicted molar refractivity (Wildman–Crippen MR) is 71.3 cm³/mol. The van der Waals surface area contributed by atoms with Crippen molar-refractivity contribution in [3.63, 3.8) is 0 Å². The minimum atomic E-state index is 0.260. The maximum absolute atomic E-state index is 5.97. The van der Waals surface area contributed by atoms with Gasteiger partial charge in [0.2, 0.25) is 12.7 Å². The summed E-state index contributed by atoms with van der Waals surface area (Å²) in [5.74, 6) is 3.30. The van der Waals surface area contributed by atoms with Gasteiger partial charge in [0.1, 0.15) is 0 Å². The van der Waals surface area contributed by atoms with Crippen LogP contribution in [0.4, 0.5) is 0 Å². The second-order valence-electron chi connectivity index (χ2n) is 5.18. The summed E-state index contributed by atoms with van der Waals surface area (Å²) in [5, 5.41) is 4.30. The smallest absolute Gasteiger partial charge is 0.231 e. The third-order valence-electron chi connectivity index (χ3n) is 3.72. The normalized spacial score (nSPS) is 23.6. The molecule has 1 aliphatic heterocycles. The van der Waals surface area contributed by atoms with Crippen LogP contribution < -0.4 is 9.47 Å². The fourth-order valence-electron chi connectivity index (χ4n) is 2.49. The molecular weight excluding hydrogens is 280 g/mol. The van der Waals surface area contributed by atoms with E-state index in [9.17, 15) is 0 Å². The molecule has 1 aliphatic carbocycles. The molecule has 0 bridgehead atoms. The van der Waals surface area contributed by atoms with E-state index in [1.165, 1.54) is 0 Å². The van der Waals surface area contributed by atoms with Gasteiger partial charge in [0.25, 0.3) is 0 Å². The highest BCUT2D eigenvalue weighted by Crippen LogP contribution is 2.38. The van der Waals surface area contributed by atoms with Gasteiger partial charge in [-0.3, -0.25) is 0 Å². The molecule has 2 aromatic rings. The van der Waals surface area contributed by atoms with Crippen LogP contribution in [-0.2, 0) is 6.42 Å². The first-order valence-electron chi connectivity index (χ1n) is 6.63. The first-order valence-corrected chi connectivity index (χ1v) is 7.06. The molecule has 2 heterocycles. The summed E-state index contributed by atoms with van der Waals surface area (Å²) in [6.07, 6.45) is 2.47. The Morgan fingerprint density at radius 3 is 2.90 bits per heavy atom. The third kappa shape index (κ3) is 2.12. The van der Waals surface area contributed by atoms with Crippen LogP contribution in [0.5, 0.6) is 11.5 Å². The third-order valence-corrected chi connectivity index (χ3v) is 4.08. The van der Waals surface area contributed by atoms with Crippen molar-refractivity contribution in [2.24, 2.45) is 0 Å². The van der Waals surface area contributed by atoms with Crippen LogP contribution >= 0.6 is 11.6 Å². The number of hydrogen-bond donors (Lipinski definition) is 0. The average molecular weight is 293 g/mol. The largest absolute Gasteiger partial charge is 0.454 e. The molecule has 0 N–H and O–H groups in total. The lowest BCUT2D eigenvalue weighted by Gasteiger charge is -2.27. The molecule has 0 spiro atoms. The van der Waals surface area contributed by atoms with Crippen LogP contribution in [0.3, 0.4) is 0 Å². The zero-order valence-corrected chi connectivity index (χ0v) is 11.5. The van der Waals surface area contributed by atoms with Gasteiger partial charge in [0, 0.05) is 11.3 Å². The summed E-state index contributed by atoms with van der Waals surface area (Å²) < 4.78 is 15.9. The Hall–Kier alpha value is -1.75. The van der Waals surface area contributed by atoms with Crippen molar-refractivity contribution < 1.29 is 14.0 Å². The Balaban J connectivity index is 1.49. The van der Waals surface area contributed by atoms with Crippen LogP contribution in [0.2, 0.25) is 0 Å². The van der Waals surface area contributed by atoms with Crippen molar-refractivity contribution in [2.75, 3.05) is 6.79 Å². The minimum Gasteiger partial charge on any atom is -0.454 e. The standard InChI is InChI=1S/C14H13ClN2O3/c15-10-5-9(6-10)14-16-13(20-17-14)4-8-1-2-11-12(3-8)19-7-18-11/h1-3,9-10H,4-7H2. The van der Waals surface area contributed by atoms with Crippen molar-refractivity contribution in [3.05, 3.63) is 35.5 Å². The molecule has 1 aromatic heterocycles. The quantitative estimate of drug-likeness (QED) is 0.814. The Labute approximate surface area is 120 Å². The van der Waals surface area contributed by atoms with E-state index in [0.29, 0.717) is 18.2 Å². The van der Waals surface area contributed by atoms with Gasteiger partial charge in [-0.1, -0.05) is 11.2 Å². The molecule has 0 unspecified atom stereocenters. The molecule has 20 heavy (non-hydrogen) atoms. The maximum atomic E-state index is 5.97. The molecule has 0 atom stereocenters. The highest BCUT2D eigenvalue weighted by molar-refractivity contribution is 6.21. The van der Waals surface area contributed by atoms with E-state index in [1.54, 1.807) is 0 Å². The van der Waals surface area contributed by atoms with Crippen molar-refractivity contribution in [1.29, 1.82) is 0 Å². The van der Waals surface area contributed by atoms with Crippen LogP contribution in [-0.4, -0.2) is 22.3 Å². The van der Waals surface area contributed by atoms with Gasteiger partial charge in [0.15, 0.2) is 17.3 Å². The molecule has 104 valence electrons. The van der Waals surface area contributed by atoms with Crippen LogP contribution in [0.15, 0.2) is 22.7 Å². The van der Waals surface area contributed by atoms with Gasteiger partial charge in [0.05, 0.1) is 6.42 Å². The lowest BCUT2D eigenvalue weighted by atomic mass is 9.84. The van der Waals surface area contributed by atoms with Crippen molar-refractivity contribution in [2.45, 2.75) is 30.6 Å². The highest BCUT2D eigenvalue weighted by atomic mass is 35.5. The molecule has 0 amide bonds. The SMILES string of the molecule is ClC1CC(c2noc(Cc3ccc4c(c3)OCO4)n2)C1. The van der Waals surface area contributed by atoms with Gasteiger partial charge in [-0.15, -0.1) is 11.6 Å². The Kier molecular flexibility index (Phi) is 2.80. The molecule has 0 radical (unpaired) electrons. The average Bonchev–Trinajstić information content (AvgIpc) is 3.03. The first-order chi connectivity index (χ1) is 9.78. The van der Waals surface area contributed by atoms with E-state index < -0.39 is 0 Å². The summed E-state index contributed by atoms with van der Waals surface area (Å²) in [6, 6.07) is 5.83. The second kappa shape index (κ2) is 4.66. The molecule has 6 heteroatoms. The summed E-state index contributed by atoms with van der Waals surface area (Å²) in [6.45, 7) is 0.283. The van der Waals surface area contributed by atoms with Gasteiger partial charge in [-0.2, -0.15) is 4.98 Å². The summed E-state index contributed by atoms with van der Waals surface area (Å²) in [5.41, 5.74) is 1.06. The second-order valence-corrected chi connectivity index (χ2v) is 5.79. The number of halogens is 1. The topological polar surface area (TPSA) is 57.4 Å². The van der Waals surface area contributed by atoms with Gasteiger partial charge in [-0.05, 0) is 30.5 Å². The summed E-state index contributed by atoms with van der Waals surface area (Å²) >= 11 is 5.97. The monoisotopic (exact) mass is 292 g/mol. The molecule has 1 saturated carbocycles. The predicted octanol–water partition coefficient (Wildman–Crippen LogP) is 2.87. The van der Waals surface area contributed by atoms with E-state index >= 15 is 0 Å². The summed E-state index contributed by atoms with van der Waals surface area (Å²) in [7, 11) is 0. The Bertz CT molecular complexity index is 637. The van der Waals surface area contributed by atoms with E-state index in [2.05, 4.69) is 10.1 Å². The fraction of sp³-hybridized carbons (Fsp3) is 0.429. The Morgan fingerprint density at radius 2 is 2.05 bits per heavy atom. The first kappa shape index (κ1) is 12.0. The van der Waals surface area contributed by atoms with Crippen molar-refractivity contribution >= 4 is 11.6 Å².